The van der Waals surface area contributed by atoms with Crippen molar-refractivity contribution in [2.24, 2.45) is 0 Å². The van der Waals surface area contributed by atoms with Crippen LogP contribution in [0.3, 0.4) is 0 Å². The van der Waals surface area contributed by atoms with Gasteiger partial charge in [0.1, 0.15) is 10.7 Å². The Kier molecular flexibility index (Phi) is 4.02. The zero-order valence-corrected chi connectivity index (χ0v) is 9.76. The van der Waals surface area contributed by atoms with E-state index in [1.54, 1.807) is 12.5 Å². The molecule has 0 radical (unpaired) electrons. The maximum Gasteiger partial charge on any atom is 0.169 e. The monoisotopic (exact) mass is 263 g/mol. The average Bonchev–Trinajstić information content (AvgIpc) is 2.63. The number of carbonyl (C=O) groups excluding carboxylic acids is 1. The molecule has 0 aromatic carbocycles. The Labute approximate surface area is 89.3 Å². The summed E-state index contributed by atoms with van der Waals surface area (Å²) in [5, 5.41) is 2.61. The third-order valence-electron chi connectivity index (χ3n) is 1.68. The van der Waals surface area contributed by atoms with Gasteiger partial charge in [-0.25, -0.2) is 4.98 Å². The number of methoxy groups -OCH3 is 1. The number of rotatable bonds is 4. The first-order valence-electron chi connectivity index (χ1n) is 3.76. The van der Waals surface area contributed by atoms with Gasteiger partial charge in [-0.1, -0.05) is 15.9 Å². The number of ether oxygens (including phenoxy) is 1. The Hall–Kier alpha value is -0.260. The summed E-state index contributed by atoms with van der Waals surface area (Å²) in [5.74, 6) is 0. The minimum absolute atomic E-state index is 0.0469. The highest BCUT2D eigenvalue weighted by atomic mass is 79.9. The molecule has 2 atom stereocenters. The molecule has 0 fully saturated rings. The fraction of sp³-hybridized carbons (Fsp3) is 0.500. The Morgan fingerprint density at radius 3 is 2.92 bits per heavy atom. The van der Waals surface area contributed by atoms with Crippen molar-refractivity contribution in [2.75, 3.05) is 7.11 Å². The SMILES string of the molecule is COC(C)C(Br)c1nc(C=O)cs1. The molecule has 3 nitrogen and oxygen atoms in total. The number of nitrogens with zero attached hydrogens (tertiary/aromatic N) is 1. The molecule has 0 aliphatic heterocycles. The van der Waals surface area contributed by atoms with Gasteiger partial charge >= 0.3 is 0 Å². The molecular weight excluding hydrogens is 254 g/mol. The van der Waals surface area contributed by atoms with E-state index in [4.69, 9.17) is 4.74 Å². The molecule has 0 bridgehead atoms. The summed E-state index contributed by atoms with van der Waals surface area (Å²) in [4.78, 5) is 14.6. The van der Waals surface area contributed by atoms with E-state index in [1.165, 1.54) is 11.3 Å². The van der Waals surface area contributed by atoms with Gasteiger partial charge in [0.05, 0.1) is 10.9 Å². The molecule has 1 heterocycles. The quantitative estimate of drug-likeness (QED) is 0.619. The molecule has 2 unspecified atom stereocenters. The van der Waals surface area contributed by atoms with Crippen molar-refractivity contribution in [3.63, 3.8) is 0 Å². The van der Waals surface area contributed by atoms with E-state index in [1.807, 2.05) is 6.92 Å². The highest BCUT2D eigenvalue weighted by Crippen LogP contribution is 2.30. The van der Waals surface area contributed by atoms with Gasteiger partial charge in [-0.3, -0.25) is 4.79 Å². The Morgan fingerprint density at radius 1 is 1.77 bits per heavy atom. The van der Waals surface area contributed by atoms with Crippen LogP contribution < -0.4 is 0 Å². The molecule has 0 N–H and O–H groups in total. The topological polar surface area (TPSA) is 39.2 Å². The average molecular weight is 264 g/mol. The molecule has 1 rings (SSSR count). The van der Waals surface area contributed by atoms with Crippen molar-refractivity contribution in [2.45, 2.75) is 17.9 Å². The van der Waals surface area contributed by atoms with Crippen molar-refractivity contribution in [1.82, 2.24) is 4.98 Å². The van der Waals surface area contributed by atoms with Crippen LogP contribution in [0, 0.1) is 0 Å². The summed E-state index contributed by atoms with van der Waals surface area (Å²) >= 11 is 4.92. The number of hydrogen-bond donors (Lipinski definition) is 0. The summed E-state index contributed by atoms with van der Waals surface area (Å²) < 4.78 is 5.14. The summed E-state index contributed by atoms with van der Waals surface area (Å²) in [7, 11) is 1.65. The van der Waals surface area contributed by atoms with E-state index in [2.05, 4.69) is 20.9 Å². The van der Waals surface area contributed by atoms with Crippen LogP contribution in [-0.4, -0.2) is 24.5 Å². The Balaban J connectivity index is 2.76. The molecule has 0 aliphatic rings. The van der Waals surface area contributed by atoms with Crippen LogP contribution in [0.4, 0.5) is 0 Å². The number of aromatic nitrogens is 1. The van der Waals surface area contributed by atoms with Gasteiger partial charge in [-0.05, 0) is 6.92 Å². The predicted molar refractivity (Wildman–Crippen MR) is 55.6 cm³/mol. The smallest absolute Gasteiger partial charge is 0.169 e. The number of halogens is 1. The minimum Gasteiger partial charge on any atom is -0.380 e. The van der Waals surface area contributed by atoms with Gasteiger partial charge in [0.15, 0.2) is 6.29 Å². The van der Waals surface area contributed by atoms with Gasteiger partial charge in [-0.2, -0.15) is 0 Å². The number of aldehydes is 1. The van der Waals surface area contributed by atoms with Gasteiger partial charge in [0.25, 0.3) is 0 Å². The lowest BCUT2D eigenvalue weighted by molar-refractivity contribution is 0.111. The molecule has 0 saturated heterocycles. The van der Waals surface area contributed by atoms with E-state index in [-0.39, 0.29) is 10.9 Å². The van der Waals surface area contributed by atoms with Gasteiger partial charge < -0.3 is 4.74 Å². The molecule has 72 valence electrons. The fourth-order valence-corrected chi connectivity index (χ4v) is 2.27. The van der Waals surface area contributed by atoms with Crippen LogP contribution in [0.5, 0.6) is 0 Å². The van der Waals surface area contributed by atoms with Crippen LogP contribution >= 0.6 is 27.3 Å². The molecule has 5 heteroatoms. The summed E-state index contributed by atoms with van der Waals surface area (Å²) in [6.07, 6.45) is 0.794. The van der Waals surface area contributed by atoms with E-state index < -0.39 is 0 Å². The molecule has 0 aliphatic carbocycles. The molecule has 13 heavy (non-hydrogen) atoms. The van der Waals surface area contributed by atoms with E-state index >= 15 is 0 Å². The second-order valence-corrected chi connectivity index (χ2v) is 4.45. The van der Waals surface area contributed by atoms with E-state index in [0.717, 1.165) is 11.3 Å². The van der Waals surface area contributed by atoms with Crippen LogP contribution in [-0.2, 0) is 4.74 Å². The number of alkyl halides is 1. The molecule has 0 saturated carbocycles. The zero-order chi connectivity index (χ0) is 9.84. The second-order valence-electron chi connectivity index (χ2n) is 2.57. The minimum atomic E-state index is 0.0469. The van der Waals surface area contributed by atoms with Crippen LogP contribution in [0.2, 0.25) is 0 Å². The first-order chi connectivity index (χ1) is 6.19. The third-order valence-corrected chi connectivity index (χ3v) is 4.11. The summed E-state index contributed by atoms with van der Waals surface area (Å²) in [6.45, 7) is 1.95. The Morgan fingerprint density at radius 2 is 2.46 bits per heavy atom. The lowest BCUT2D eigenvalue weighted by Crippen LogP contribution is -2.11. The van der Waals surface area contributed by atoms with E-state index in [0.29, 0.717) is 5.69 Å². The first-order valence-corrected chi connectivity index (χ1v) is 5.56. The number of thiazole rings is 1. The summed E-state index contributed by atoms with van der Waals surface area (Å²) in [6, 6.07) is 0. The van der Waals surface area contributed by atoms with Crippen molar-refractivity contribution in [3.05, 3.63) is 16.1 Å². The number of carbonyl (C=O) groups is 1. The van der Waals surface area contributed by atoms with Crippen molar-refractivity contribution in [1.29, 1.82) is 0 Å². The standard InChI is InChI=1S/C8H10BrNO2S/c1-5(12-2)7(9)8-10-6(3-11)4-13-8/h3-5,7H,1-2H3. The maximum absolute atomic E-state index is 10.4. The summed E-state index contributed by atoms with van der Waals surface area (Å²) in [5.41, 5.74) is 0.479. The highest BCUT2D eigenvalue weighted by Gasteiger charge is 2.18. The molecule has 1 aromatic heterocycles. The van der Waals surface area contributed by atoms with Crippen LogP contribution in [0.1, 0.15) is 27.2 Å². The largest absolute Gasteiger partial charge is 0.380 e. The number of hydrogen-bond acceptors (Lipinski definition) is 4. The second kappa shape index (κ2) is 4.83. The third kappa shape index (κ3) is 2.59. The van der Waals surface area contributed by atoms with E-state index in [9.17, 15) is 4.79 Å². The van der Waals surface area contributed by atoms with Gasteiger partial charge in [-0.15, -0.1) is 11.3 Å². The van der Waals surface area contributed by atoms with Gasteiger partial charge in [0, 0.05) is 12.5 Å². The van der Waals surface area contributed by atoms with Crippen molar-refractivity contribution >= 4 is 33.6 Å². The van der Waals surface area contributed by atoms with Crippen molar-refractivity contribution in [3.8, 4) is 0 Å². The zero-order valence-electron chi connectivity index (χ0n) is 7.36. The first kappa shape index (κ1) is 10.8. The van der Waals surface area contributed by atoms with Crippen LogP contribution in [0.15, 0.2) is 5.38 Å². The molecule has 1 aromatic rings. The maximum atomic E-state index is 10.4. The molecule has 0 amide bonds. The van der Waals surface area contributed by atoms with Crippen molar-refractivity contribution < 1.29 is 9.53 Å². The predicted octanol–water partition coefficient (Wildman–Crippen LogP) is 2.43. The van der Waals surface area contributed by atoms with Gasteiger partial charge in [0.2, 0.25) is 0 Å². The highest BCUT2D eigenvalue weighted by molar-refractivity contribution is 9.09. The lowest BCUT2D eigenvalue weighted by atomic mass is 10.3. The molecular formula is C8H10BrNO2S. The fourth-order valence-electron chi connectivity index (χ4n) is 0.802. The lowest BCUT2D eigenvalue weighted by Gasteiger charge is -2.13. The Bertz CT molecular complexity index is 289. The molecule has 0 spiro atoms. The normalized spacial score (nSPS) is 15.3. The van der Waals surface area contributed by atoms with Crippen LogP contribution in [0.25, 0.3) is 0 Å².